The first-order valence-electron chi connectivity index (χ1n) is 5.46. The molecule has 0 amide bonds. The summed E-state index contributed by atoms with van der Waals surface area (Å²) >= 11 is 5.87. The summed E-state index contributed by atoms with van der Waals surface area (Å²) in [5, 5.41) is 0.109. The van der Waals surface area contributed by atoms with Crippen LogP contribution in [0.5, 0.6) is 6.01 Å². The van der Waals surface area contributed by atoms with Crippen LogP contribution >= 0.6 is 11.6 Å². The number of aromatic nitrogens is 3. The number of rotatable bonds is 4. The van der Waals surface area contributed by atoms with E-state index in [-0.39, 0.29) is 21.9 Å². The molecule has 1 heterocycles. The van der Waals surface area contributed by atoms with E-state index in [1.54, 1.807) is 19.1 Å². The van der Waals surface area contributed by atoms with Crippen LogP contribution in [-0.4, -0.2) is 30.5 Å². The Hall–Kier alpha value is -1.93. The van der Waals surface area contributed by atoms with E-state index in [1.165, 1.54) is 19.2 Å². The number of ether oxygens (including phenoxy) is 1. The van der Waals surface area contributed by atoms with Crippen molar-refractivity contribution in [2.24, 2.45) is 0 Å². The molecular weight excluding hydrogens is 304 g/mol. The lowest BCUT2D eigenvalue weighted by Gasteiger charge is -2.08. The predicted octanol–water partition coefficient (Wildman–Crippen LogP) is 1.64. The van der Waals surface area contributed by atoms with Crippen LogP contribution in [0.25, 0.3) is 0 Å². The number of sulfonamides is 1. The summed E-state index contributed by atoms with van der Waals surface area (Å²) in [6, 6.07) is 6.09. The van der Waals surface area contributed by atoms with E-state index in [2.05, 4.69) is 19.7 Å². The van der Waals surface area contributed by atoms with Crippen molar-refractivity contribution in [2.75, 3.05) is 11.8 Å². The molecule has 7 nitrogen and oxygen atoms in total. The van der Waals surface area contributed by atoms with Crippen LogP contribution in [0, 0.1) is 6.92 Å². The van der Waals surface area contributed by atoms with Crippen LogP contribution in [-0.2, 0) is 10.0 Å². The van der Waals surface area contributed by atoms with Crippen molar-refractivity contribution < 1.29 is 13.2 Å². The fraction of sp³-hybridized carbons (Fsp3) is 0.182. The molecule has 0 saturated heterocycles. The molecule has 1 N–H and O–H groups in total. The molecule has 0 spiro atoms. The maximum absolute atomic E-state index is 12.2. The zero-order valence-corrected chi connectivity index (χ0v) is 12.2. The largest absolute Gasteiger partial charge is 0.467 e. The summed E-state index contributed by atoms with van der Waals surface area (Å²) in [6.07, 6.45) is 0. The molecule has 9 heteroatoms. The normalized spacial score (nSPS) is 11.2. The first-order chi connectivity index (χ1) is 9.42. The second-order valence-corrected chi connectivity index (χ2v) is 5.79. The quantitative estimate of drug-likeness (QED) is 0.922. The van der Waals surface area contributed by atoms with Crippen molar-refractivity contribution in [3.63, 3.8) is 0 Å². The minimum atomic E-state index is -3.88. The smallest absolute Gasteiger partial charge is 0.321 e. The molecule has 0 bridgehead atoms. The molecule has 1 aromatic carbocycles. The van der Waals surface area contributed by atoms with Crippen molar-refractivity contribution in [3.05, 3.63) is 35.1 Å². The highest BCUT2D eigenvalue weighted by Gasteiger charge is 2.19. The fourth-order valence-corrected chi connectivity index (χ4v) is 2.90. The van der Waals surface area contributed by atoms with Crippen LogP contribution < -0.4 is 9.46 Å². The van der Waals surface area contributed by atoms with Gasteiger partial charge in [0.25, 0.3) is 10.0 Å². The molecule has 0 aliphatic carbocycles. The third-order valence-electron chi connectivity index (χ3n) is 2.26. The number of benzene rings is 1. The molecule has 0 aliphatic rings. The number of nitrogens with one attached hydrogen (secondary N) is 1. The molecule has 20 heavy (non-hydrogen) atoms. The van der Waals surface area contributed by atoms with Crippen molar-refractivity contribution in [2.45, 2.75) is 11.8 Å². The molecular formula is C11H11ClN4O3S. The minimum Gasteiger partial charge on any atom is -0.467 e. The first-order valence-corrected chi connectivity index (χ1v) is 7.32. The van der Waals surface area contributed by atoms with Gasteiger partial charge >= 0.3 is 6.01 Å². The molecule has 1 aromatic heterocycles. The molecule has 0 saturated carbocycles. The van der Waals surface area contributed by atoms with Crippen molar-refractivity contribution >= 4 is 27.6 Å². The lowest BCUT2D eigenvalue weighted by atomic mass is 10.4. The fourth-order valence-electron chi connectivity index (χ4n) is 1.43. The number of methoxy groups -OCH3 is 1. The van der Waals surface area contributed by atoms with Crippen LogP contribution in [0.3, 0.4) is 0 Å². The van der Waals surface area contributed by atoms with Gasteiger partial charge < -0.3 is 4.74 Å². The Morgan fingerprint density at radius 2 is 1.90 bits per heavy atom. The number of anilines is 1. The van der Waals surface area contributed by atoms with E-state index in [0.29, 0.717) is 5.82 Å². The number of halogens is 1. The summed E-state index contributed by atoms with van der Waals surface area (Å²) in [5.74, 6) is 0.197. The van der Waals surface area contributed by atoms with Gasteiger partial charge in [0.1, 0.15) is 10.7 Å². The summed E-state index contributed by atoms with van der Waals surface area (Å²) in [6.45, 7) is 1.59. The molecule has 0 unspecified atom stereocenters. The minimum absolute atomic E-state index is 0.0226. The molecule has 106 valence electrons. The molecule has 0 aliphatic heterocycles. The SMILES string of the molecule is COc1nc(C)nc(NS(=O)(=O)c2ccccc2Cl)n1. The molecule has 0 radical (unpaired) electrons. The van der Waals surface area contributed by atoms with Crippen LogP contribution in [0.4, 0.5) is 5.95 Å². The van der Waals surface area contributed by atoms with Crippen molar-refractivity contribution in [1.29, 1.82) is 0 Å². The van der Waals surface area contributed by atoms with E-state index in [0.717, 1.165) is 0 Å². The molecule has 2 aromatic rings. The van der Waals surface area contributed by atoms with Gasteiger partial charge in [-0.15, -0.1) is 0 Å². The van der Waals surface area contributed by atoms with Crippen LogP contribution in [0.15, 0.2) is 29.2 Å². The summed E-state index contributed by atoms with van der Waals surface area (Å²) < 4.78 is 31.5. The molecule has 0 atom stereocenters. The Labute approximate surface area is 121 Å². The molecule has 2 rings (SSSR count). The first kappa shape index (κ1) is 14.5. The highest BCUT2D eigenvalue weighted by atomic mass is 35.5. The van der Waals surface area contributed by atoms with Gasteiger partial charge in [0.15, 0.2) is 0 Å². The third-order valence-corrected chi connectivity index (χ3v) is 4.09. The number of hydrogen-bond donors (Lipinski definition) is 1. The van der Waals surface area contributed by atoms with E-state index in [1.807, 2.05) is 0 Å². The monoisotopic (exact) mass is 314 g/mol. The van der Waals surface area contributed by atoms with Gasteiger partial charge in [-0.1, -0.05) is 23.7 Å². The third kappa shape index (κ3) is 3.14. The highest BCUT2D eigenvalue weighted by molar-refractivity contribution is 7.92. The van der Waals surface area contributed by atoms with Gasteiger partial charge in [0.2, 0.25) is 5.95 Å². The Balaban J connectivity index is 2.38. The average molecular weight is 315 g/mol. The summed E-state index contributed by atoms with van der Waals surface area (Å²) in [5.41, 5.74) is 0. The highest BCUT2D eigenvalue weighted by Crippen LogP contribution is 2.22. The summed E-state index contributed by atoms with van der Waals surface area (Å²) in [7, 11) is -2.50. The van der Waals surface area contributed by atoms with E-state index in [4.69, 9.17) is 16.3 Å². The van der Waals surface area contributed by atoms with Crippen molar-refractivity contribution in [3.8, 4) is 6.01 Å². The number of hydrogen-bond acceptors (Lipinski definition) is 6. The Morgan fingerprint density at radius 1 is 1.20 bits per heavy atom. The van der Waals surface area contributed by atoms with E-state index < -0.39 is 10.0 Å². The zero-order valence-electron chi connectivity index (χ0n) is 10.7. The maximum Gasteiger partial charge on any atom is 0.321 e. The number of aryl methyl sites for hydroxylation is 1. The maximum atomic E-state index is 12.2. The Kier molecular flexibility index (Phi) is 4.05. The van der Waals surface area contributed by atoms with Crippen molar-refractivity contribution in [1.82, 2.24) is 15.0 Å². The Morgan fingerprint density at radius 3 is 2.55 bits per heavy atom. The predicted molar refractivity (Wildman–Crippen MR) is 73.4 cm³/mol. The number of nitrogens with zero attached hydrogens (tertiary/aromatic N) is 3. The van der Waals surface area contributed by atoms with Gasteiger partial charge in [-0.25, -0.2) is 13.1 Å². The van der Waals surface area contributed by atoms with E-state index in [9.17, 15) is 8.42 Å². The average Bonchev–Trinajstić information content (AvgIpc) is 2.37. The van der Waals surface area contributed by atoms with Gasteiger partial charge in [0, 0.05) is 0 Å². The summed E-state index contributed by atoms with van der Waals surface area (Å²) in [4.78, 5) is 11.5. The van der Waals surface area contributed by atoms with Gasteiger partial charge in [0.05, 0.1) is 12.1 Å². The van der Waals surface area contributed by atoms with Crippen LogP contribution in [0.2, 0.25) is 5.02 Å². The Bertz CT molecular complexity index is 736. The van der Waals surface area contributed by atoms with E-state index >= 15 is 0 Å². The standard InChI is InChI=1S/C11H11ClN4O3S/c1-7-13-10(15-11(14-7)19-2)16-20(17,18)9-6-4-3-5-8(9)12/h3-6H,1-2H3,(H,13,14,15,16). The topological polar surface area (TPSA) is 94.1 Å². The van der Waals surface area contributed by atoms with Gasteiger partial charge in [-0.2, -0.15) is 15.0 Å². The second kappa shape index (κ2) is 5.59. The lowest BCUT2D eigenvalue weighted by molar-refractivity contribution is 0.377. The molecule has 0 fully saturated rings. The van der Waals surface area contributed by atoms with Gasteiger partial charge in [-0.3, -0.25) is 0 Å². The van der Waals surface area contributed by atoms with Crippen LogP contribution in [0.1, 0.15) is 5.82 Å². The lowest BCUT2D eigenvalue weighted by Crippen LogP contribution is -2.16. The zero-order chi connectivity index (χ0) is 14.8. The second-order valence-electron chi connectivity index (χ2n) is 3.73. The van der Waals surface area contributed by atoms with Gasteiger partial charge in [-0.05, 0) is 19.1 Å².